The number of carbonyl (C=O) groups excluding carboxylic acids is 2. The van der Waals surface area contributed by atoms with Crippen molar-refractivity contribution in [3.05, 3.63) is 74.8 Å². The Hall–Kier alpha value is -2.30. The fourth-order valence-corrected chi connectivity index (χ4v) is 4.07. The number of hydrogen-bond donors (Lipinski definition) is 1. The van der Waals surface area contributed by atoms with Crippen LogP contribution in [0.5, 0.6) is 0 Å². The number of carbonyl (C=O) groups is 2. The van der Waals surface area contributed by atoms with Crippen molar-refractivity contribution < 1.29 is 14.3 Å². The molecule has 0 heterocycles. The number of ether oxygens (including phenoxy) is 1. The van der Waals surface area contributed by atoms with Crippen LogP contribution >= 0.6 is 23.2 Å². The number of allylic oxidation sites excluding steroid dienone is 1. The van der Waals surface area contributed by atoms with Crippen molar-refractivity contribution in [3.63, 3.8) is 0 Å². The van der Waals surface area contributed by atoms with Crippen LogP contribution in [0.1, 0.15) is 55.5 Å². The number of rotatable bonds is 5. The van der Waals surface area contributed by atoms with Gasteiger partial charge in [0.1, 0.15) is 5.60 Å². The molecule has 0 aromatic heterocycles. The number of hydrogen-bond acceptors (Lipinski definition) is 3. The Kier molecular flexibility index (Phi) is 6.89. The van der Waals surface area contributed by atoms with Gasteiger partial charge >= 0.3 is 6.09 Å². The predicted molar refractivity (Wildman–Crippen MR) is 121 cm³/mol. The zero-order valence-corrected chi connectivity index (χ0v) is 18.8. The normalized spacial score (nSPS) is 15.8. The highest BCUT2D eigenvalue weighted by atomic mass is 35.5. The van der Waals surface area contributed by atoms with E-state index in [1.807, 2.05) is 39.0 Å². The average molecular weight is 446 g/mol. The summed E-state index contributed by atoms with van der Waals surface area (Å²) < 4.78 is 5.35. The number of fused-ring (bicyclic) bond motifs is 1. The largest absolute Gasteiger partial charge is 0.444 e. The van der Waals surface area contributed by atoms with Crippen LogP contribution in [0.2, 0.25) is 10.0 Å². The van der Waals surface area contributed by atoms with Crippen LogP contribution < -0.4 is 5.32 Å². The Morgan fingerprint density at radius 1 is 1.13 bits per heavy atom. The first-order valence-corrected chi connectivity index (χ1v) is 10.6. The second kappa shape index (κ2) is 9.23. The number of halogens is 2. The maximum Gasteiger partial charge on any atom is 0.408 e. The Labute approximate surface area is 187 Å². The van der Waals surface area contributed by atoms with Gasteiger partial charge in [0, 0.05) is 16.5 Å². The Balaban J connectivity index is 1.62. The lowest BCUT2D eigenvalue weighted by Gasteiger charge is -2.22. The molecule has 6 heteroatoms. The van der Waals surface area contributed by atoms with Gasteiger partial charge in [-0.1, -0.05) is 47.5 Å². The first-order valence-electron chi connectivity index (χ1n) is 9.87. The molecule has 3 rings (SSSR count). The molecule has 0 saturated carbocycles. The Bertz CT molecular complexity index is 972. The highest BCUT2D eigenvalue weighted by molar-refractivity contribution is 6.34. The standard InChI is InChI=1S/C24H25Cl2NO3/c1-24(2,3)30-23(29)27-22-9-6-17-10-15(5-8-21(17)22)4-7-20(28)13-16-11-18(25)14-19(26)12-16/h4-5,7-8,10-12,14,22H,6,9,13H2,1-3H3,(H,27,29)/b7-4+. The average Bonchev–Trinajstić information content (AvgIpc) is 2.99. The third-order valence-electron chi connectivity index (χ3n) is 4.70. The molecule has 0 spiro atoms. The summed E-state index contributed by atoms with van der Waals surface area (Å²) in [6.07, 6.45) is 4.91. The molecule has 2 aromatic rings. The molecular formula is C24H25Cl2NO3. The lowest BCUT2D eigenvalue weighted by Crippen LogP contribution is -2.34. The summed E-state index contributed by atoms with van der Waals surface area (Å²) in [5.74, 6) is -0.0294. The summed E-state index contributed by atoms with van der Waals surface area (Å²) >= 11 is 12.0. The van der Waals surface area contributed by atoms with Crippen molar-refractivity contribution >= 4 is 41.2 Å². The molecule has 1 atom stereocenters. The summed E-state index contributed by atoms with van der Waals surface area (Å²) in [4.78, 5) is 24.4. The van der Waals surface area contributed by atoms with E-state index < -0.39 is 11.7 Å². The third-order valence-corrected chi connectivity index (χ3v) is 5.13. The van der Waals surface area contributed by atoms with Gasteiger partial charge in [0.05, 0.1) is 6.04 Å². The smallest absolute Gasteiger partial charge is 0.408 e. The van der Waals surface area contributed by atoms with E-state index in [2.05, 4.69) is 11.4 Å². The lowest BCUT2D eigenvalue weighted by molar-refractivity contribution is -0.113. The van der Waals surface area contributed by atoms with E-state index in [1.54, 1.807) is 24.3 Å². The molecule has 0 fully saturated rings. The van der Waals surface area contributed by atoms with Crippen molar-refractivity contribution in [2.75, 3.05) is 0 Å². The fourth-order valence-electron chi connectivity index (χ4n) is 3.50. The van der Waals surface area contributed by atoms with Crippen LogP contribution in [0.25, 0.3) is 6.08 Å². The van der Waals surface area contributed by atoms with Crippen LogP contribution in [0.15, 0.2) is 42.5 Å². The maximum absolute atomic E-state index is 12.3. The van der Waals surface area contributed by atoms with Crippen LogP contribution in [-0.2, 0) is 22.4 Å². The van der Waals surface area contributed by atoms with Gasteiger partial charge in [-0.25, -0.2) is 4.79 Å². The van der Waals surface area contributed by atoms with Gasteiger partial charge in [0.2, 0.25) is 0 Å². The summed E-state index contributed by atoms with van der Waals surface area (Å²) in [6, 6.07) is 11.1. The maximum atomic E-state index is 12.3. The van der Waals surface area contributed by atoms with Crippen molar-refractivity contribution in [3.8, 4) is 0 Å². The molecule has 1 unspecified atom stereocenters. The second-order valence-electron chi connectivity index (χ2n) is 8.45. The van der Waals surface area contributed by atoms with Crippen LogP contribution in [0, 0.1) is 0 Å². The van der Waals surface area contributed by atoms with Gasteiger partial charge < -0.3 is 10.1 Å². The molecule has 1 amide bonds. The highest BCUT2D eigenvalue weighted by Gasteiger charge is 2.26. The van der Waals surface area contributed by atoms with E-state index in [1.165, 1.54) is 5.56 Å². The zero-order valence-electron chi connectivity index (χ0n) is 17.3. The Morgan fingerprint density at radius 2 is 1.83 bits per heavy atom. The number of nitrogens with one attached hydrogen (secondary N) is 1. The number of amides is 1. The van der Waals surface area contributed by atoms with Crippen molar-refractivity contribution in [1.29, 1.82) is 0 Å². The van der Waals surface area contributed by atoms with Crippen LogP contribution in [0.4, 0.5) is 4.79 Å². The number of aryl methyl sites for hydroxylation is 1. The molecular weight excluding hydrogens is 421 g/mol. The van der Waals surface area contributed by atoms with Gasteiger partial charge in [-0.05, 0) is 80.1 Å². The molecule has 0 bridgehead atoms. The van der Waals surface area contributed by atoms with Gasteiger partial charge in [-0.3, -0.25) is 4.79 Å². The SMILES string of the molecule is CC(C)(C)OC(=O)NC1CCc2cc(/C=C/C(=O)Cc3cc(Cl)cc(Cl)c3)ccc21. The Morgan fingerprint density at radius 3 is 2.50 bits per heavy atom. The van der Waals surface area contributed by atoms with Crippen molar-refractivity contribution in [1.82, 2.24) is 5.32 Å². The van der Waals surface area contributed by atoms with Gasteiger partial charge in [-0.15, -0.1) is 0 Å². The van der Waals surface area contributed by atoms with E-state index in [9.17, 15) is 9.59 Å². The van der Waals surface area contributed by atoms with E-state index in [-0.39, 0.29) is 18.2 Å². The highest BCUT2D eigenvalue weighted by Crippen LogP contribution is 2.32. The first-order chi connectivity index (χ1) is 14.1. The van der Waals surface area contributed by atoms with E-state index in [0.29, 0.717) is 10.0 Å². The van der Waals surface area contributed by atoms with Crippen molar-refractivity contribution in [2.45, 2.75) is 51.7 Å². The molecule has 4 nitrogen and oxygen atoms in total. The summed E-state index contributed by atoms with van der Waals surface area (Å²) in [7, 11) is 0. The second-order valence-corrected chi connectivity index (χ2v) is 9.32. The number of alkyl carbamates (subject to hydrolysis) is 1. The van der Waals surface area contributed by atoms with Crippen LogP contribution in [-0.4, -0.2) is 17.5 Å². The minimum atomic E-state index is -0.525. The minimum absolute atomic E-state index is 0.0294. The quantitative estimate of drug-likeness (QED) is 0.546. The first kappa shape index (κ1) is 22.4. The van der Waals surface area contributed by atoms with Gasteiger partial charge in [0.25, 0.3) is 0 Å². The summed E-state index contributed by atoms with van der Waals surface area (Å²) in [5.41, 5.74) is 3.48. The molecule has 0 radical (unpaired) electrons. The fraction of sp³-hybridized carbons (Fsp3) is 0.333. The number of ketones is 1. The van der Waals surface area contributed by atoms with Gasteiger partial charge in [0.15, 0.2) is 5.78 Å². The van der Waals surface area contributed by atoms with Crippen LogP contribution in [0.3, 0.4) is 0 Å². The molecule has 0 saturated heterocycles. The lowest BCUT2D eigenvalue weighted by atomic mass is 10.0. The zero-order chi connectivity index (χ0) is 21.9. The molecule has 2 aromatic carbocycles. The monoisotopic (exact) mass is 445 g/mol. The minimum Gasteiger partial charge on any atom is -0.444 e. The molecule has 158 valence electrons. The molecule has 30 heavy (non-hydrogen) atoms. The van der Waals surface area contributed by atoms with E-state index in [0.717, 1.165) is 29.5 Å². The number of benzene rings is 2. The van der Waals surface area contributed by atoms with Crippen molar-refractivity contribution in [2.24, 2.45) is 0 Å². The summed E-state index contributed by atoms with van der Waals surface area (Å²) in [5, 5.41) is 3.98. The topological polar surface area (TPSA) is 55.4 Å². The van der Waals surface area contributed by atoms with E-state index >= 15 is 0 Å². The molecule has 1 aliphatic rings. The third kappa shape index (κ3) is 6.35. The molecule has 1 aliphatic carbocycles. The molecule has 0 aliphatic heterocycles. The van der Waals surface area contributed by atoms with Gasteiger partial charge in [-0.2, -0.15) is 0 Å². The summed E-state index contributed by atoms with van der Waals surface area (Å²) in [6.45, 7) is 5.53. The molecule has 1 N–H and O–H groups in total. The van der Waals surface area contributed by atoms with E-state index in [4.69, 9.17) is 27.9 Å². The predicted octanol–water partition coefficient (Wildman–Crippen LogP) is 6.33.